The van der Waals surface area contributed by atoms with Gasteiger partial charge < -0.3 is 14.6 Å². The maximum Gasteiger partial charge on any atom is 0.490 e. The Hall–Kier alpha value is -4.02. The highest BCUT2D eigenvalue weighted by Gasteiger charge is 2.38. The van der Waals surface area contributed by atoms with Gasteiger partial charge in [0.25, 0.3) is 0 Å². The third-order valence-corrected chi connectivity index (χ3v) is 3.71. The van der Waals surface area contributed by atoms with Gasteiger partial charge in [-0.05, 0) is 35.4 Å². The summed E-state index contributed by atoms with van der Waals surface area (Å²) in [4.78, 5) is 20.8. The van der Waals surface area contributed by atoms with Crippen molar-refractivity contribution in [2.75, 3.05) is 12.4 Å². The van der Waals surface area contributed by atoms with Gasteiger partial charge in [-0.1, -0.05) is 24.3 Å². The summed E-state index contributed by atoms with van der Waals surface area (Å²) in [7, 11) is 1.60. The molecule has 1 aromatic heterocycles. The average molecular weight is 437 g/mol. The molecule has 3 N–H and O–H groups in total. The van der Waals surface area contributed by atoms with Crippen molar-refractivity contribution in [3.8, 4) is 16.9 Å². The van der Waals surface area contributed by atoms with Crippen LogP contribution in [0.3, 0.4) is 0 Å². The molecule has 0 aliphatic carbocycles. The number of amides is 1. The van der Waals surface area contributed by atoms with Gasteiger partial charge in [-0.2, -0.15) is 18.3 Å². The highest BCUT2D eigenvalue weighted by atomic mass is 19.4. The van der Waals surface area contributed by atoms with Crippen LogP contribution >= 0.6 is 0 Å². The van der Waals surface area contributed by atoms with Crippen LogP contribution in [0.1, 0.15) is 5.56 Å². The number of alkyl halides is 3. The van der Waals surface area contributed by atoms with Gasteiger partial charge in [-0.3, -0.25) is 10.4 Å². The normalized spacial score (nSPS) is 10.5. The van der Waals surface area contributed by atoms with Crippen molar-refractivity contribution in [3.63, 3.8) is 0 Å². The van der Waals surface area contributed by atoms with Crippen molar-refractivity contribution in [1.82, 2.24) is 10.2 Å². The van der Waals surface area contributed by atoms with Crippen molar-refractivity contribution < 1.29 is 37.3 Å². The van der Waals surface area contributed by atoms with Crippen LogP contribution in [0.2, 0.25) is 0 Å². The van der Waals surface area contributed by atoms with Crippen LogP contribution in [0.25, 0.3) is 11.1 Å². The van der Waals surface area contributed by atoms with Gasteiger partial charge in [0.2, 0.25) is 0 Å². The fraction of sp³-hybridized carbons (Fsp3) is 0.150. The van der Waals surface area contributed by atoms with Gasteiger partial charge >= 0.3 is 18.2 Å². The minimum atomic E-state index is -5.08. The van der Waals surface area contributed by atoms with Crippen LogP contribution in [0.15, 0.2) is 60.9 Å². The first kappa shape index (κ1) is 23.3. The molecule has 1 heterocycles. The number of carboxylic acid groups (broad SMARTS) is 1. The maximum absolute atomic E-state index is 11.9. The van der Waals surface area contributed by atoms with E-state index in [1.165, 1.54) is 0 Å². The van der Waals surface area contributed by atoms with E-state index in [-0.39, 0.29) is 6.61 Å². The molecule has 1 amide bonds. The molecule has 0 bridgehead atoms. The standard InChI is InChI=1S/C18H17N3O3.C2HF3O2/c1-23-17-4-2-3-13(9-17)12-24-18(22)21-16-7-5-14(6-8-16)15-10-19-20-11-15;3-2(4,5)1(6)7/h2-11H,12H2,1H3,(H,19,20)(H,21,22);(H,6,7). The Kier molecular flexibility index (Phi) is 8.01. The lowest BCUT2D eigenvalue weighted by molar-refractivity contribution is -0.192. The molecule has 0 unspecified atom stereocenters. The molecule has 2 aromatic carbocycles. The van der Waals surface area contributed by atoms with Crippen LogP contribution in [-0.4, -0.2) is 40.7 Å². The third-order valence-electron chi connectivity index (χ3n) is 3.71. The van der Waals surface area contributed by atoms with Gasteiger partial charge in [-0.15, -0.1) is 0 Å². The molecule has 3 aromatic rings. The van der Waals surface area contributed by atoms with Crippen LogP contribution in [-0.2, 0) is 16.1 Å². The molecular formula is C20H18F3N3O5. The lowest BCUT2D eigenvalue weighted by Gasteiger charge is -2.08. The topological polar surface area (TPSA) is 114 Å². The molecule has 0 radical (unpaired) electrons. The second-order valence-electron chi connectivity index (χ2n) is 5.92. The third kappa shape index (κ3) is 7.72. The molecule has 31 heavy (non-hydrogen) atoms. The summed E-state index contributed by atoms with van der Waals surface area (Å²) < 4.78 is 42.1. The van der Waals surface area contributed by atoms with Crippen molar-refractivity contribution in [1.29, 1.82) is 0 Å². The first-order valence-corrected chi connectivity index (χ1v) is 8.65. The van der Waals surface area contributed by atoms with Gasteiger partial charge in [0.05, 0.1) is 13.3 Å². The zero-order valence-corrected chi connectivity index (χ0v) is 16.1. The summed E-state index contributed by atoms with van der Waals surface area (Å²) in [5.74, 6) is -2.03. The predicted molar refractivity (Wildman–Crippen MR) is 105 cm³/mol. The Balaban J connectivity index is 0.000000423. The number of carbonyl (C=O) groups excluding carboxylic acids is 1. The molecule has 8 nitrogen and oxygen atoms in total. The van der Waals surface area contributed by atoms with Crippen LogP contribution < -0.4 is 10.1 Å². The number of benzene rings is 2. The van der Waals surface area contributed by atoms with Crippen LogP contribution in [0, 0.1) is 0 Å². The Morgan fingerprint density at radius 2 is 1.81 bits per heavy atom. The maximum atomic E-state index is 11.9. The number of nitrogens with zero attached hydrogens (tertiary/aromatic N) is 1. The first-order chi connectivity index (χ1) is 14.7. The molecule has 0 aliphatic rings. The van der Waals surface area contributed by atoms with E-state index in [2.05, 4.69) is 15.5 Å². The van der Waals surface area contributed by atoms with E-state index in [1.807, 2.05) is 54.7 Å². The monoisotopic (exact) mass is 437 g/mol. The minimum Gasteiger partial charge on any atom is -0.497 e. The fourth-order valence-electron chi connectivity index (χ4n) is 2.22. The summed E-state index contributed by atoms with van der Waals surface area (Å²) in [6, 6.07) is 14.8. The molecule has 0 saturated carbocycles. The number of anilines is 1. The van der Waals surface area contributed by atoms with Crippen molar-refractivity contribution in [2.24, 2.45) is 0 Å². The lowest BCUT2D eigenvalue weighted by Crippen LogP contribution is -2.21. The van der Waals surface area contributed by atoms with Gasteiger partial charge in [0.1, 0.15) is 12.4 Å². The number of rotatable bonds is 5. The number of aliphatic carboxylic acids is 1. The van der Waals surface area contributed by atoms with Crippen molar-refractivity contribution in [2.45, 2.75) is 12.8 Å². The number of halogens is 3. The average Bonchev–Trinajstić information content (AvgIpc) is 3.28. The Bertz CT molecular complexity index is 990. The van der Waals surface area contributed by atoms with E-state index < -0.39 is 18.2 Å². The number of hydrogen-bond donors (Lipinski definition) is 3. The Labute approximate surface area is 174 Å². The number of methoxy groups -OCH3 is 1. The second kappa shape index (κ2) is 10.7. The molecule has 0 atom stereocenters. The minimum absolute atomic E-state index is 0.177. The number of carbonyl (C=O) groups is 2. The number of carboxylic acids is 1. The zero-order valence-electron chi connectivity index (χ0n) is 16.1. The summed E-state index contributed by atoms with van der Waals surface area (Å²) >= 11 is 0. The SMILES string of the molecule is COc1cccc(COC(=O)Nc2ccc(-c3cn[nH]c3)cc2)c1.O=C(O)C(F)(F)F. The first-order valence-electron chi connectivity index (χ1n) is 8.65. The van der Waals surface area contributed by atoms with E-state index in [9.17, 15) is 18.0 Å². The molecule has 3 rings (SSSR count). The van der Waals surface area contributed by atoms with E-state index in [0.717, 1.165) is 22.4 Å². The number of aromatic amines is 1. The van der Waals surface area contributed by atoms with Crippen LogP contribution in [0.5, 0.6) is 5.75 Å². The summed E-state index contributed by atoms with van der Waals surface area (Å²) in [5.41, 5.74) is 3.53. The Morgan fingerprint density at radius 3 is 2.35 bits per heavy atom. The van der Waals surface area contributed by atoms with Crippen molar-refractivity contribution >= 4 is 17.7 Å². The smallest absolute Gasteiger partial charge is 0.490 e. The van der Waals surface area contributed by atoms with Gasteiger partial charge in [0.15, 0.2) is 0 Å². The molecule has 0 saturated heterocycles. The second-order valence-corrected chi connectivity index (χ2v) is 5.92. The van der Waals surface area contributed by atoms with Gasteiger partial charge in [0, 0.05) is 17.4 Å². The highest BCUT2D eigenvalue weighted by Crippen LogP contribution is 2.20. The number of hydrogen-bond acceptors (Lipinski definition) is 5. The van der Waals surface area contributed by atoms with Crippen molar-refractivity contribution in [3.05, 3.63) is 66.5 Å². The highest BCUT2D eigenvalue weighted by molar-refractivity contribution is 5.85. The quantitative estimate of drug-likeness (QED) is 0.543. The molecule has 11 heteroatoms. The summed E-state index contributed by atoms with van der Waals surface area (Å²) in [5, 5.41) is 16.5. The van der Waals surface area contributed by atoms with E-state index >= 15 is 0 Å². The zero-order chi connectivity index (χ0) is 22.9. The summed E-state index contributed by atoms with van der Waals surface area (Å²) in [6.07, 6.45) is -2.04. The Morgan fingerprint density at radius 1 is 1.13 bits per heavy atom. The van der Waals surface area contributed by atoms with Gasteiger partial charge in [-0.25, -0.2) is 9.59 Å². The van der Waals surface area contributed by atoms with E-state index in [4.69, 9.17) is 19.4 Å². The molecule has 0 aliphatic heterocycles. The van der Waals surface area contributed by atoms with E-state index in [1.54, 1.807) is 13.3 Å². The lowest BCUT2D eigenvalue weighted by atomic mass is 10.1. The number of ether oxygens (including phenoxy) is 2. The number of nitrogens with one attached hydrogen (secondary N) is 2. The molecule has 164 valence electrons. The van der Waals surface area contributed by atoms with Crippen LogP contribution in [0.4, 0.5) is 23.7 Å². The molecular weight excluding hydrogens is 419 g/mol. The summed E-state index contributed by atoms with van der Waals surface area (Å²) in [6.45, 7) is 0.177. The van der Waals surface area contributed by atoms with E-state index in [0.29, 0.717) is 5.69 Å². The number of aromatic nitrogens is 2. The fourth-order valence-corrected chi connectivity index (χ4v) is 2.22. The predicted octanol–water partition coefficient (Wildman–Crippen LogP) is 4.47. The number of H-pyrrole nitrogens is 1. The molecule has 0 fully saturated rings. The largest absolute Gasteiger partial charge is 0.497 e. The molecule has 0 spiro atoms.